The van der Waals surface area contributed by atoms with Gasteiger partial charge in [-0.15, -0.1) is 0 Å². The molecule has 0 spiro atoms. The van der Waals surface area contributed by atoms with Gasteiger partial charge in [0.1, 0.15) is 12.4 Å². The fraction of sp³-hybridized carbons (Fsp3) is 0.435. The molecule has 164 valence electrons. The molecule has 2 aromatic carbocycles. The number of benzene rings is 2. The summed E-state index contributed by atoms with van der Waals surface area (Å²) in [7, 11) is -1.43. The van der Waals surface area contributed by atoms with E-state index in [0.29, 0.717) is 30.6 Å². The molecule has 0 heterocycles. The number of ether oxygens (including phenoxy) is 1. The van der Waals surface area contributed by atoms with Gasteiger partial charge in [-0.1, -0.05) is 45.0 Å². The van der Waals surface area contributed by atoms with Crippen molar-refractivity contribution in [1.29, 1.82) is 0 Å². The van der Waals surface area contributed by atoms with Crippen LogP contribution in [0, 0.1) is 0 Å². The van der Waals surface area contributed by atoms with Gasteiger partial charge in [-0.05, 0) is 47.2 Å². The zero-order chi connectivity index (χ0) is 22.2. The highest BCUT2D eigenvalue weighted by atomic mass is 32.2. The van der Waals surface area contributed by atoms with Crippen molar-refractivity contribution in [3.8, 4) is 5.75 Å². The number of nitrogens with one attached hydrogen (secondary N) is 2. The molecule has 0 radical (unpaired) electrons. The number of hydrogen-bond acceptors (Lipinski definition) is 4. The Hall–Kier alpha value is -2.54. The minimum atomic E-state index is -3.16. The van der Waals surface area contributed by atoms with E-state index in [0.717, 1.165) is 17.7 Å². The zero-order valence-electron chi connectivity index (χ0n) is 18.5. The summed E-state index contributed by atoms with van der Waals surface area (Å²) < 4.78 is 28.9. The largest absolute Gasteiger partial charge is 0.492 e. The van der Waals surface area contributed by atoms with Crippen LogP contribution in [0.5, 0.6) is 5.75 Å². The molecule has 2 aromatic rings. The lowest BCUT2D eigenvalue weighted by Crippen LogP contribution is -2.40. The normalized spacial score (nSPS) is 12.5. The number of guanidine groups is 1. The van der Waals surface area contributed by atoms with Crippen LogP contribution in [-0.2, 0) is 21.7 Å². The van der Waals surface area contributed by atoms with Gasteiger partial charge < -0.3 is 15.4 Å². The Balaban J connectivity index is 1.73. The Morgan fingerprint density at radius 1 is 1.03 bits per heavy atom. The van der Waals surface area contributed by atoms with Gasteiger partial charge in [0.25, 0.3) is 0 Å². The quantitative estimate of drug-likeness (QED) is 0.381. The van der Waals surface area contributed by atoms with Crippen LogP contribution in [0.15, 0.2) is 58.4 Å². The molecule has 0 aromatic heterocycles. The highest BCUT2D eigenvalue weighted by molar-refractivity contribution is 7.90. The van der Waals surface area contributed by atoms with Gasteiger partial charge in [-0.3, -0.25) is 4.99 Å². The number of hydrogen-bond donors (Lipinski definition) is 2. The fourth-order valence-electron chi connectivity index (χ4n) is 2.84. The lowest BCUT2D eigenvalue weighted by atomic mass is 9.87. The summed E-state index contributed by atoms with van der Waals surface area (Å²) in [6.45, 7) is 8.40. The van der Waals surface area contributed by atoms with Crippen molar-refractivity contribution >= 4 is 15.8 Å². The molecule has 0 aliphatic rings. The summed E-state index contributed by atoms with van der Waals surface area (Å²) in [6.07, 6.45) is 1.98. The molecule has 0 saturated carbocycles. The third-order valence-electron chi connectivity index (χ3n) is 4.64. The molecule has 0 bridgehead atoms. The first kappa shape index (κ1) is 23.7. The highest BCUT2D eigenvalue weighted by Gasteiger charge is 2.13. The van der Waals surface area contributed by atoms with E-state index >= 15 is 0 Å². The standard InChI is InChI=1S/C23H33N3O3S/c1-23(2,3)19-7-6-8-20(17-19)29-16-15-26-22(24-4)25-14-13-18-9-11-21(12-10-18)30(5,27)28/h6-12,17H,13-16H2,1-5H3,(H2,24,25,26). The Kier molecular flexibility index (Phi) is 8.29. The summed E-state index contributed by atoms with van der Waals surface area (Å²) in [5, 5.41) is 6.49. The van der Waals surface area contributed by atoms with Gasteiger partial charge in [-0.25, -0.2) is 8.42 Å². The smallest absolute Gasteiger partial charge is 0.191 e. The minimum absolute atomic E-state index is 0.0920. The summed E-state index contributed by atoms with van der Waals surface area (Å²) in [5.41, 5.74) is 2.40. The van der Waals surface area contributed by atoms with Crippen molar-refractivity contribution in [2.24, 2.45) is 4.99 Å². The lowest BCUT2D eigenvalue weighted by Gasteiger charge is -2.20. The lowest BCUT2D eigenvalue weighted by molar-refractivity contribution is 0.321. The van der Waals surface area contributed by atoms with E-state index in [9.17, 15) is 8.42 Å². The van der Waals surface area contributed by atoms with Crippen molar-refractivity contribution in [2.75, 3.05) is 33.0 Å². The maximum Gasteiger partial charge on any atom is 0.191 e. The molecular formula is C23H33N3O3S. The van der Waals surface area contributed by atoms with Crippen molar-refractivity contribution in [2.45, 2.75) is 37.5 Å². The molecule has 30 heavy (non-hydrogen) atoms. The third kappa shape index (κ3) is 7.71. The van der Waals surface area contributed by atoms with E-state index in [1.54, 1.807) is 19.2 Å². The Morgan fingerprint density at radius 3 is 2.30 bits per heavy atom. The summed E-state index contributed by atoms with van der Waals surface area (Å²) in [5.74, 6) is 1.57. The second kappa shape index (κ2) is 10.5. The van der Waals surface area contributed by atoms with Crippen molar-refractivity contribution < 1.29 is 13.2 Å². The van der Waals surface area contributed by atoms with E-state index in [1.165, 1.54) is 11.8 Å². The summed E-state index contributed by atoms with van der Waals surface area (Å²) >= 11 is 0. The number of aliphatic imine (C=N–C) groups is 1. The minimum Gasteiger partial charge on any atom is -0.492 e. The molecule has 7 heteroatoms. The molecule has 2 N–H and O–H groups in total. The van der Waals surface area contributed by atoms with Gasteiger partial charge >= 0.3 is 0 Å². The zero-order valence-corrected chi connectivity index (χ0v) is 19.3. The van der Waals surface area contributed by atoms with E-state index in [-0.39, 0.29) is 5.41 Å². The van der Waals surface area contributed by atoms with E-state index in [2.05, 4.69) is 48.5 Å². The Labute approximate surface area is 180 Å². The molecule has 0 amide bonds. The highest BCUT2D eigenvalue weighted by Crippen LogP contribution is 2.25. The molecule has 0 aliphatic heterocycles. The number of rotatable bonds is 8. The Bertz CT molecular complexity index is 946. The predicted molar refractivity (Wildman–Crippen MR) is 123 cm³/mol. The van der Waals surface area contributed by atoms with E-state index in [1.807, 2.05) is 24.3 Å². The first-order chi connectivity index (χ1) is 14.1. The summed E-state index contributed by atoms with van der Waals surface area (Å²) in [4.78, 5) is 4.55. The molecule has 0 unspecified atom stereocenters. The predicted octanol–water partition coefficient (Wildman–Crippen LogP) is 3.17. The maximum absolute atomic E-state index is 11.5. The third-order valence-corrected chi connectivity index (χ3v) is 5.77. The van der Waals surface area contributed by atoms with Crippen LogP contribution in [0.1, 0.15) is 31.9 Å². The average Bonchev–Trinajstić information content (AvgIpc) is 2.69. The van der Waals surface area contributed by atoms with Crippen molar-refractivity contribution in [1.82, 2.24) is 10.6 Å². The van der Waals surface area contributed by atoms with Gasteiger partial charge in [-0.2, -0.15) is 0 Å². The van der Waals surface area contributed by atoms with E-state index < -0.39 is 9.84 Å². The second-order valence-corrected chi connectivity index (χ2v) is 10.2. The molecule has 0 aliphatic carbocycles. The van der Waals surface area contributed by atoms with Crippen molar-refractivity contribution in [3.63, 3.8) is 0 Å². The molecule has 6 nitrogen and oxygen atoms in total. The number of nitrogens with zero attached hydrogens (tertiary/aromatic N) is 1. The van der Waals surface area contributed by atoms with Crippen LogP contribution < -0.4 is 15.4 Å². The average molecular weight is 432 g/mol. The molecule has 2 rings (SSSR count). The molecular weight excluding hydrogens is 398 g/mol. The van der Waals surface area contributed by atoms with Crippen LogP contribution >= 0.6 is 0 Å². The van der Waals surface area contributed by atoms with Gasteiger partial charge in [0.2, 0.25) is 0 Å². The first-order valence-corrected chi connectivity index (χ1v) is 12.0. The van der Waals surface area contributed by atoms with Crippen LogP contribution in [0.2, 0.25) is 0 Å². The monoisotopic (exact) mass is 431 g/mol. The SMILES string of the molecule is CN=C(NCCOc1cccc(C(C)(C)C)c1)NCCc1ccc(S(C)(=O)=O)cc1. The van der Waals surface area contributed by atoms with Crippen LogP contribution in [-0.4, -0.2) is 47.4 Å². The first-order valence-electron chi connectivity index (χ1n) is 10.1. The Morgan fingerprint density at radius 2 is 1.70 bits per heavy atom. The number of sulfone groups is 1. The van der Waals surface area contributed by atoms with E-state index in [4.69, 9.17) is 4.74 Å². The summed E-state index contributed by atoms with van der Waals surface area (Å²) in [6, 6.07) is 15.2. The molecule has 0 atom stereocenters. The molecule has 0 saturated heterocycles. The molecule has 0 fully saturated rings. The topological polar surface area (TPSA) is 79.8 Å². The maximum atomic E-state index is 11.5. The van der Waals surface area contributed by atoms with Crippen LogP contribution in [0.25, 0.3) is 0 Å². The van der Waals surface area contributed by atoms with Gasteiger partial charge in [0.15, 0.2) is 15.8 Å². The second-order valence-electron chi connectivity index (χ2n) is 8.22. The van der Waals surface area contributed by atoms with Gasteiger partial charge in [0, 0.05) is 19.8 Å². The van der Waals surface area contributed by atoms with Crippen LogP contribution in [0.4, 0.5) is 0 Å². The van der Waals surface area contributed by atoms with Crippen molar-refractivity contribution in [3.05, 3.63) is 59.7 Å². The fourth-order valence-corrected chi connectivity index (χ4v) is 3.47. The van der Waals surface area contributed by atoms with Gasteiger partial charge in [0.05, 0.1) is 11.4 Å². The van der Waals surface area contributed by atoms with Crippen LogP contribution in [0.3, 0.4) is 0 Å².